The Balaban J connectivity index is 1.37. The topological polar surface area (TPSA) is 105 Å². The van der Waals surface area contributed by atoms with Gasteiger partial charge in [-0.05, 0) is 41.5 Å². The summed E-state index contributed by atoms with van der Waals surface area (Å²) in [5.74, 6) is -2.50. The summed E-state index contributed by atoms with van der Waals surface area (Å²) in [5.41, 5.74) is 4.12. The number of fused-ring (bicyclic) bond motifs is 3. The molecular weight excluding hydrogens is 446 g/mol. The van der Waals surface area contributed by atoms with Crippen LogP contribution in [0.4, 0.5) is 13.6 Å². The zero-order chi connectivity index (χ0) is 24.2. The van der Waals surface area contributed by atoms with Crippen LogP contribution in [-0.2, 0) is 14.3 Å². The van der Waals surface area contributed by atoms with Crippen molar-refractivity contribution >= 4 is 18.0 Å². The van der Waals surface area contributed by atoms with Gasteiger partial charge < -0.3 is 20.5 Å². The monoisotopic (exact) mass is 472 g/mol. The highest BCUT2D eigenvalue weighted by atomic mass is 19.3. The zero-order valence-electron chi connectivity index (χ0n) is 18.4. The number of carboxylic acid groups (broad SMARTS) is 1. The number of rotatable bonds is 8. The van der Waals surface area contributed by atoms with E-state index in [1.807, 2.05) is 48.5 Å². The molecule has 180 valence electrons. The highest BCUT2D eigenvalue weighted by Crippen LogP contribution is 2.44. The highest BCUT2D eigenvalue weighted by molar-refractivity contribution is 5.86. The van der Waals surface area contributed by atoms with E-state index in [4.69, 9.17) is 9.84 Å². The molecule has 7 nitrogen and oxygen atoms in total. The minimum atomic E-state index is -2.82. The number of hydrogen-bond acceptors (Lipinski definition) is 4. The van der Waals surface area contributed by atoms with Gasteiger partial charge in [0.2, 0.25) is 12.3 Å². The number of halogens is 2. The molecule has 3 N–H and O–H groups in total. The lowest BCUT2D eigenvalue weighted by atomic mass is 9.98. The molecule has 1 saturated carbocycles. The van der Waals surface area contributed by atoms with Gasteiger partial charge in [0.1, 0.15) is 12.6 Å². The predicted octanol–water partition coefficient (Wildman–Crippen LogP) is 3.92. The Hall–Kier alpha value is -3.49. The lowest BCUT2D eigenvalue weighted by Crippen LogP contribution is -2.50. The molecule has 1 fully saturated rings. The first-order valence-corrected chi connectivity index (χ1v) is 11.3. The predicted molar refractivity (Wildman–Crippen MR) is 120 cm³/mol. The summed E-state index contributed by atoms with van der Waals surface area (Å²) in [7, 11) is 0. The lowest BCUT2D eigenvalue weighted by Gasteiger charge is -2.21. The Kier molecular flexibility index (Phi) is 7.09. The number of aliphatic carboxylic acids is 1. The first kappa shape index (κ1) is 23.7. The highest BCUT2D eigenvalue weighted by Gasteiger charge is 2.34. The van der Waals surface area contributed by atoms with Gasteiger partial charge in [0.05, 0.1) is 5.92 Å². The maximum atomic E-state index is 13.1. The second-order valence-electron chi connectivity index (χ2n) is 8.70. The molecule has 0 bridgehead atoms. The van der Waals surface area contributed by atoms with E-state index in [9.17, 15) is 23.2 Å². The molecule has 2 aliphatic carbocycles. The van der Waals surface area contributed by atoms with Crippen molar-refractivity contribution in [2.45, 2.75) is 50.1 Å². The van der Waals surface area contributed by atoms with Crippen molar-refractivity contribution < 1.29 is 33.0 Å². The molecule has 0 radical (unpaired) electrons. The van der Waals surface area contributed by atoms with Gasteiger partial charge in [-0.3, -0.25) is 9.59 Å². The number of nitrogens with one attached hydrogen (secondary N) is 2. The maximum absolute atomic E-state index is 13.1. The van der Waals surface area contributed by atoms with Gasteiger partial charge in [0.15, 0.2) is 0 Å². The van der Waals surface area contributed by atoms with Crippen molar-refractivity contribution in [3.63, 3.8) is 0 Å². The first-order chi connectivity index (χ1) is 16.3. The summed E-state index contributed by atoms with van der Waals surface area (Å²) in [6.07, 6.45) is -3.58. The summed E-state index contributed by atoms with van der Waals surface area (Å²) < 4.78 is 31.5. The number of ether oxygens (including phenoxy) is 1. The van der Waals surface area contributed by atoms with Gasteiger partial charge >= 0.3 is 12.1 Å². The molecule has 0 heterocycles. The number of carbonyl (C=O) groups excluding carboxylic acids is 2. The quantitative estimate of drug-likeness (QED) is 0.540. The van der Waals surface area contributed by atoms with Gasteiger partial charge in [-0.2, -0.15) is 0 Å². The maximum Gasteiger partial charge on any atom is 0.407 e. The van der Waals surface area contributed by atoms with Gasteiger partial charge in [0, 0.05) is 18.4 Å². The molecule has 3 atom stereocenters. The largest absolute Gasteiger partial charge is 0.481 e. The molecule has 4 rings (SSSR count). The third kappa shape index (κ3) is 5.18. The SMILES string of the molecule is O=C(NC(CC(F)F)C(=O)N[C@@H]1CC[C@H](C(=O)O)C1)OCC1c2ccccc2-c2ccccc21. The number of hydrogen-bond donors (Lipinski definition) is 3. The van der Waals surface area contributed by atoms with Crippen LogP contribution >= 0.6 is 0 Å². The van der Waals surface area contributed by atoms with E-state index < -0.39 is 48.8 Å². The molecule has 0 saturated heterocycles. The van der Waals surface area contributed by atoms with Crippen molar-refractivity contribution in [1.29, 1.82) is 0 Å². The van der Waals surface area contributed by atoms with Crippen LogP contribution in [0.1, 0.15) is 42.7 Å². The molecule has 0 aliphatic heterocycles. The Morgan fingerprint density at radius 2 is 1.62 bits per heavy atom. The van der Waals surface area contributed by atoms with E-state index >= 15 is 0 Å². The van der Waals surface area contributed by atoms with Crippen LogP contribution in [-0.4, -0.2) is 48.2 Å². The van der Waals surface area contributed by atoms with Gasteiger partial charge in [-0.15, -0.1) is 0 Å². The minimum absolute atomic E-state index is 0.00814. The van der Waals surface area contributed by atoms with Crippen molar-refractivity contribution in [1.82, 2.24) is 10.6 Å². The average molecular weight is 472 g/mol. The molecule has 1 unspecified atom stereocenters. The van der Waals surface area contributed by atoms with Crippen LogP contribution in [0.3, 0.4) is 0 Å². The van der Waals surface area contributed by atoms with Crippen LogP contribution in [0.15, 0.2) is 48.5 Å². The number of benzene rings is 2. The van der Waals surface area contributed by atoms with E-state index in [0.29, 0.717) is 12.8 Å². The number of alkyl halides is 2. The van der Waals surface area contributed by atoms with Crippen molar-refractivity contribution in [2.24, 2.45) is 5.92 Å². The van der Waals surface area contributed by atoms with Crippen molar-refractivity contribution in [3.05, 3.63) is 59.7 Å². The normalized spacial score (nSPS) is 19.9. The molecule has 34 heavy (non-hydrogen) atoms. The Morgan fingerprint density at radius 3 is 2.18 bits per heavy atom. The smallest absolute Gasteiger partial charge is 0.407 e. The molecule has 0 spiro atoms. The second-order valence-corrected chi connectivity index (χ2v) is 8.70. The van der Waals surface area contributed by atoms with Gasteiger partial charge in [-0.25, -0.2) is 13.6 Å². The molecule has 0 aromatic heterocycles. The van der Waals surface area contributed by atoms with E-state index in [1.54, 1.807) is 0 Å². The summed E-state index contributed by atoms with van der Waals surface area (Å²) in [4.78, 5) is 36.1. The van der Waals surface area contributed by atoms with Gasteiger partial charge in [0.25, 0.3) is 0 Å². The van der Waals surface area contributed by atoms with Crippen molar-refractivity contribution in [2.75, 3.05) is 6.61 Å². The van der Waals surface area contributed by atoms with E-state index in [1.165, 1.54) is 0 Å². The summed E-state index contributed by atoms with van der Waals surface area (Å²) >= 11 is 0. The minimum Gasteiger partial charge on any atom is -0.481 e. The van der Waals surface area contributed by atoms with Crippen LogP contribution in [0, 0.1) is 5.92 Å². The number of carboxylic acids is 1. The second kappa shape index (κ2) is 10.2. The first-order valence-electron chi connectivity index (χ1n) is 11.3. The third-order valence-corrected chi connectivity index (χ3v) is 6.49. The van der Waals surface area contributed by atoms with Gasteiger partial charge in [-0.1, -0.05) is 48.5 Å². The Labute approximate surface area is 195 Å². The van der Waals surface area contributed by atoms with E-state index in [-0.39, 0.29) is 18.9 Å². The van der Waals surface area contributed by atoms with E-state index in [2.05, 4.69) is 10.6 Å². The fraction of sp³-hybridized carbons (Fsp3) is 0.400. The Morgan fingerprint density at radius 1 is 1.00 bits per heavy atom. The Bertz CT molecular complexity index is 1030. The molecule has 2 aromatic carbocycles. The van der Waals surface area contributed by atoms with E-state index in [0.717, 1.165) is 22.3 Å². The lowest BCUT2D eigenvalue weighted by molar-refractivity contribution is -0.141. The third-order valence-electron chi connectivity index (χ3n) is 6.49. The summed E-state index contributed by atoms with van der Waals surface area (Å²) in [6, 6.07) is 13.7. The van der Waals surface area contributed by atoms with Crippen molar-refractivity contribution in [3.8, 4) is 11.1 Å². The summed E-state index contributed by atoms with van der Waals surface area (Å²) in [5, 5.41) is 13.9. The summed E-state index contributed by atoms with van der Waals surface area (Å²) in [6.45, 7) is -0.00814. The molecule has 2 amide bonds. The number of amides is 2. The molecule has 9 heteroatoms. The fourth-order valence-corrected chi connectivity index (χ4v) is 4.83. The molecular formula is C25H26F2N2O5. The molecule has 2 aliphatic rings. The van der Waals surface area contributed by atoms with Crippen LogP contribution in [0.25, 0.3) is 11.1 Å². The fourth-order valence-electron chi connectivity index (χ4n) is 4.83. The number of carbonyl (C=O) groups is 3. The number of alkyl carbamates (subject to hydrolysis) is 1. The standard InChI is InChI=1S/C25H26F2N2O5/c26-22(27)12-21(23(30)28-15-10-9-14(11-15)24(31)32)29-25(33)34-13-20-18-7-3-1-5-16(18)17-6-2-4-8-19(17)20/h1-8,14-15,20-22H,9-13H2,(H,28,30)(H,29,33)(H,31,32)/t14-,15+,21?/m0/s1. The van der Waals surface area contributed by atoms with Crippen LogP contribution in [0.5, 0.6) is 0 Å². The van der Waals surface area contributed by atoms with Crippen LogP contribution < -0.4 is 10.6 Å². The average Bonchev–Trinajstić information content (AvgIpc) is 3.40. The van der Waals surface area contributed by atoms with Crippen LogP contribution in [0.2, 0.25) is 0 Å². The zero-order valence-corrected chi connectivity index (χ0v) is 18.4. The molecule has 2 aromatic rings.